The van der Waals surface area contributed by atoms with Gasteiger partial charge in [0.25, 0.3) is 0 Å². The summed E-state index contributed by atoms with van der Waals surface area (Å²) < 4.78 is 4.71. The predicted molar refractivity (Wildman–Crippen MR) is 84.9 cm³/mol. The maximum atomic E-state index is 12.1. The van der Waals surface area contributed by atoms with Crippen LogP contribution in [0.5, 0.6) is 0 Å². The van der Waals surface area contributed by atoms with Gasteiger partial charge in [-0.05, 0) is 13.3 Å². The molecule has 0 radical (unpaired) electrons. The van der Waals surface area contributed by atoms with Gasteiger partial charge in [-0.2, -0.15) is 0 Å². The summed E-state index contributed by atoms with van der Waals surface area (Å²) in [6, 6.07) is -0.663. The molecule has 1 amide bonds. The van der Waals surface area contributed by atoms with Crippen molar-refractivity contribution in [2.24, 2.45) is 5.92 Å². The van der Waals surface area contributed by atoms with Gasteiger partial charge >= 0.3 is 11.9 Å². The molecule has 3 rings (SSSR count). The first kappa shape index (κ1) is 17.2. The summed E-state index contributed by atoms with van der Waals surface area (Å²) in [5, 5.41) is 22.3. The minimum absolute atomic E-state index is 0.0217. The van der Waals surface area contributed by atoms with Crippen molar-refractivity contribution in [2.45, 2.75) is 43.2 Å². The third-order valence-corrected chi connectivity index (χ3v) is 6.11. The Balaban J connectivity index is 1.73. The number of ether oxygens (including phenoxy) is 1. The zero-order valence-electron chi connectivity index (χ0n) is 13.4. The molecule has 0 aromatic rings. The summed E-state index contributed by atoms with van der Waals surface area (Å²) in [5.41, 5.74) is 0.0217. The molecular formula is C15H20N2O6S. The van der Waals surface area contributed by atoms with Gasteiger partial charge in [0.15, 0.2) is 0 Å². The lowest BCUT2D eigenvalue weighted by Crippen LogP contribution is -2.61. The monoisotopic (exact) mass is 356 g/mol. The second-order valence-corrected chi connectivity index (χ2v) is 7.68. The number of aliphatic carboxylic acids is 1. The molecule has 5 atom stereocenters. The number of carbonyl (C=O) groups excluding carboxylic acids is 2. The van der Waals surface area contributed by atoms with E-state index in [1.54, 1.807) is 6.92 Å². The molecule has 3 N–H and O–H groups in total. The number of hydrogen-bond donors (Lipinski definition) is 3. The molecule has 4 unspecified atom stereocenters. The minimum atomic E-state index is -1.13. The van der Waals surface area contributed by atoms with Crippen molar-refractivity contribution < 1.29 is 29.3 Å². The van der Waals surface area contributed by atoms with E-state index in [0.29, 0.717) is 24.3 Å². The quantitative estimate of drug-likeness (QED) is 0.447. The topological polar surface area (TPSA) is 116 Å². The van der Waals surface area contributed by atoms with Gasteiger partial charge < -0.3 is 25.2 Å². The highest BCUT2D eigenvalue weighted by molar-refractivity contribution is 8.03. The number of amides is 1. The number of aliphatic hydroxyl groups is 1. The highest BCUT2D eigenvalue weighted by atomic mass is 32.2. The van der Waals surface area contributed by atoms with E-state index < -0.39 is 18.0 Å². The van der Waals surface area contributed by atoms with Crippen molar-refractivity contribution in [2.75, 3.05) is 13.7 Å². The van der Waals surface area contributed by atoms with Gasteiger partial charge in [0.1, 0.15) is 11.7 Å². The van der Waals surface area contributed by atoms with Crippen LogP contribution in [0.25, 0.3) is 0 Å². The molecule has 3 aliphatic rings. The highest BCUT2D eigenvalue weighted by Crippen LogP contribution is 2.48. The van der Waals surface area contributed by atoms with Crippen molar-refractivity contribution in [3.63, 3.8) is 0 Å². The van der Waals surface area contributed by atoms with E-state index in [4.69, 9.17) is 4.74 Å². The van der Waals surface area contributed by atoms with Crippen LogP contribution in [0.1, 0.15) is 19.8 Å². The fourth-order valence-electron chi connectivity index (χ4n) is 3.65. The summed E-state index contributed by atoms with van der Waals surface area (Å²) in [4.78, 5) is 37.2. The zero-order valence-corrected chi connectivity index (χ0v) is 14.2. The number of β-lactam (4-membered cyclic amide) rings is 1. The van der Waals surface area contributed by atoms with Crippen LogP contribution in [0.3, 0.4) is 0 Å². The molecule has 132 valence electrons. The SMILES string of the molecule is COC(=O)C1CC(SC2=C(C(=O)O)N3C(=O)C(C(C)O)[C@H]3C2)CN1. The number of nitrogens with zero attached hydrogens (tertiary/aromatic N) is 1. The summed E-state index contributed by atoms with van der Waals surface area (Å²) >= 11 is 1.40. The summed E-state index contributed by atoms with van der Waals surface area (Å²) in [6.45, 7) is 2.12. The van der Waals surface area contributed by atoms with Gasteiger partial charge in [0.05, 0.1) is 25.2 Å². The normalized spacial score (nSPS) is 33.3. The van der Waals surface area contributed by atoms with Crippen molar-refractivity contribution >= 4 is 29.6 Å². The number of methoxy groups -OCH3 is 1. The number of carboxylic acids is 1. The molecule has 0 spiro atoms. The number of carboxylic acid groups (broad SMARTS) is 1. The number of aliphatic hydroxyl groups excluding tert-OH is 1. The van der Waals surface area contributed by atoms with E-state index >= 15 is 0 Å². The molecule has 24 heavy (non-hydrogen) atoms. The van der Waals surface area contributed by atoms with Gasteiger partial charge in [-0.1, -0.05) is 0 Å². The average Bonchev–Trinajstić information content (AvgIpc) is 3.09. The smallest absolute Gasteiger partial charge is 0.353 e. The van der Waals surface area contributed by atoms with Gasteiger partial charge in [-0.25, -0.2) is 4.79 Å². The van der Waals surface area contributed by atoms with Crippen LogP contribution < -0.4 is 5.32 Å². The Morgan fingerprint density at radius 3 is 2.75 bits per heavy atom. The largest absolute Gasteiger partial charge is 0.477 e. The molecule has 0 aromatic heterocycles. The fourth-order valence-corrected chi connectivity index (χ4v) is 5.09. The Hall–Kier alpha value is -1.58. The second-order valence-electron chi connectivity index (χ2n) is 6.28. The van der Waals surface area contributed by atoms with Crippen LogP contribution in [0.2, 0.25) is 0 Å². The summed E-state index contributed by atoms with van der Waals surface area (Å²) in [5.74, 6) is -2.33. The fraction of sp³-hybridized carbons (Fsp3) is 0.667. The minimum Gasteiger partial charge on any atom is -0.477 e. The molecular weight excluding hydrogens is 336 g/mol. The third kappa shape index (κ3) is 2.70. The van der Waals surface area contributed by atoms with Gasteiger partial charge in [0.2, 0.25) is 5.91 Å². The lowest BCUT2D eigenvalue weighted by atomic mass is 9.83. The Kier molecular flexibility index (Phi) is 4.58. The van der Waals surface area contributed by atoms with E-state index in [-0.39, 0.29) is 34.9 Å². The van der Waals surface area contributed by atoms with Gasteiger partial charge in [-0.3, -0.25) is 9.59 Å². The molecule has 0 saturated carbocycles. The van der Waals surface area contributed by atoms with Crippen LogP contribution in [0.4, 0.5) is 0 Å². The van der Waals surface area contributed by atoms with Crippen LogP contribution in [0, 0.1) is 5.92 Å². The van der Waals surface area contributed by atoms with E-state index in [9.17, 15) is 24.6 Å². The summed E-state index contributed by atoms with van der Waals surface area (Å²) in [7, 11) is 1.33. The molecule has 3 heterocycles. The number of carbonyl (C=O) groups is 3. The predicted octanol–water partition coefficient (Wildman–Crippen LogP) is -0.469. The van der Waals surface area contributed by atoms with Crippen LogP contribution in [0.15, 0.2) is 10.6 Å². The first-order valence-corrected chi connectivity index (χ1v) is 8.68. The number of esters is 1. The zero-order chi connectivity index (χ0) is 17.6. The molecule has 0 aromatic carbocycles. The van der Waals surface area contributed by atoms with Crippen molar-refractivity contribution in [3.8, 4) is 0 Å². The van der Waals surface area contributed by atoms with Gasteiger partial charge in [0, 0.05) is 23.1 Å². The number of hydrogen-bond acceptors (Lipinski definition) is 7. The van der Waals surface area contributed by atoms with Gasteiger partial charge in [-0.15, -0.1) is 11.8 Å². The standard InChI is InChI=1S/C15H20N2O6S/c1-6(18)11-9-4-10(12(14(20)21)17(9)13(11)19)24-7-3-8(16-5-7)15(22)23-2/h6-9,11,16,18H,3-5H2,1-2H3,(H,20,21)/t6?,7?,8?,9-,11?/m1/s1. The summed E-state index contributed by atoms with van der Waals surface area (Å²) in [6.07, 6.45) is 0.189. The Morgan fingerprint density at radius 1 is 1.46 bits per heavy atom. The molecule has 3 aliphatic heterocycles. The maximum absolute atomic E-state index is 12.1. The molecule has 2 saturated heterocycles. The molecule has 0 aliphatic carbocycles. The van der Waals surface area contributed by atoms with Crippen molar-refractivity contribution in [3.05, 3.63) is 10.6 Å². The maximum Gasteiger partial charge on any atom is 0.353 e. The van der Waals surface area contributed by atoms with E-state index in [2.05, 4.69) is 5.32 Å². The Bertz CT molecular complexity index is 619. The molecule has 0 bridgehead atoms. The average molecular weight is 356 g/mol. The Labute approximate surface area is 143 Å². The van der Waals surface area contributed by atoms with Crippen molar-refractivity contribution in [1.82, 2.24) is 10.2 Å². The van der Waals surface area contributed by atoms with Crippen LogP contribution in [-0.4, -0.2) is 70.1 Å². The van der Waals surface area contributed by atoms with E-state index in [1.807, 2.05) is 0 Å². The molecule has 8 nitrogen and oxygen atoms in total. The first-order valence-electron chi connectivity index (χ1n) is 7.80. The molecule has 2 fully saturated rings. The molecule has 9 heteroatoms. The third-order valence-electron chi connectivity index (χ3n) is 4.78. The van der Waals surface area contributed by atoms with E-state index in [1.165, 1.54) is 23.8 Å². The highest BCUT2D eigenvalue weighted by Gasteiger charge is 2.57. The second kappa shape index (κ2) is 6.38. The van der Waals surface area contributed by atoms with Crippen LogP contribution >= 0.6 is 11.8 Å². The number of rotatable bonds is 5. The first-order chi connectivity index (χ1) is 11.3. The Morgan fingerprint density at radius 2 is 2.17 bits per heavy atom. The van der Waals surface area contributed by atoms with Crippen LogP contribution in [-0.2, 0) is 19.1 Å². The number of fused-ring (bicyclic) bond motifs is 1. The van der Waals surface area contributed by atoms with Crippen molar-refractivity contribution in [1.29, 1.82) is 0 Å². The lowest BCUT2D eigenvalue weighted by Gasteiger charge is -2.44. The van der Waals surface area contributed by atoms with E-state index in [0.717, 1.165) is 0 Å². The number of thioether (sulfide) groups is 1. The number of nitrogens with one attached hydrogen (secondary N) is 1. The lowest BCUT2D eigenvalue weighted by molar-refractivity contribution is -0.161.